The second kappa shape index (κ2) is 30.8. The minimum atomic E-state index is -4.47. The monoisotopic (exact) mass is 578 g/mol. The van der Waals surface area contributed by atoms with E-state index in [2.05, 4.69) is 38.9 Å². The maximum atomic E-state index is 9.99. The summed E-state index contributed by atoms with van der Waals surface area (Å²) < 4.78 is 35.4. The van der Waals surface area contributed by atoms with Crippen molar-refractivity contribution >= 4 is 10.4 Å². The van der Waals surface area contributed by atoms with E-state index in [1.807, 2.05) is 0 Å². The molecule has 0 aromatic heterocycles. The number of quaternary nitrogens is 1. The summed E-state index contributed by atoms with van der Waals surface area (Å²) in [4.78, 5) is 0. The Labute approximate surface area is 246 Å². The van der Waals surface area contributed by atoms with Crippen LogP contribution in [0.5, 0.6) is 0 Å². The van der Waals surface area contributed by atoms with E-state index in [0.717, 1.165) is 12.8 Å². The highest BCUT2D eigenvalue weighted by molar-refractivity contribution is 7.80. The van der Waals surface area contributed by atoms with Gasteiger partial charge in [0.25, 0.3) is 0 Å². The molecule has 0 aromatic carbocycles. The first kappa shape index (κ1) is 41.0. The summed E-state index contributed by atoms with van der Waals surface area (Å²) in [5.41, 5.74) is 0. The molecule has 0 N–H and O–H groups in total. The van der Waals surface area contributed by atoms with E-state index in [9.17, 15) is 13.0 Å². The van der Waals surface area contributed by atoms with Gasteiger partial charge in [0.2, 0.25) is 10.4 Å². The van der Waals surface area contributed by atoms with Crippen LogP contribution >= 0.6 is 0 Å². The van der Waals surface area contributed by atoms with Gasteiger partial charge in [-0.1, -0.05) is 137 Å². The fraction of sp³-hybridized carbons (Fsp3) is 1.00. The van der Waals surface area contributed by atoms with Crippen LogP contribution in [0, 0.1) is 0 Å². The summed E-state index contributed by atoms with van der Waals surface area (Å²) in [5.74, 6) is 0. The summed E-state index contributed by atoms with van der Waals surface area (Å²) in [7, 11) is -1.91. The topological polar surface area (TPSA) is 66.4 Å². The molecule has 0 fully saturated rings. The minimum absolute atomic E-state index is 0.0258. The van der Waals surface area contributed by atoms with Gasteiger partial charge in [-0.05, 0) is 44.9 Å². The van der Waals surface area contributed by atoms with E-state index >= 15 is 0 Å². The zero-order valence-electron chi connectivity index (χ0n) is 27.3. The molecule has 0 amide bonds. The van der Waals surface area contributed by atoms with Crippen molar-refractivity contribution < 1.29 is 21.6 Å². The van der Waals surface area contributed by atoms with Crippen LogP contribution in [0.15, 0.2) is 0 Å². The van der Waals surface area contributed by atoms with E-state index in [-0.39, 0.29) is 6.61 Å². The zero-order chi connectivity index (χ0) is 29.5. The molecular weight excluding hydrogens is 506 g/mol. The van der Waals surface area contributed by atoms with E-state index < -0.39 is 10.4 Å². The Kier molecular flexibility index (Phi) is 32.3. The molecule has 5 nitrogen and oxygen atoms in total. The highest BCUT2D eigenvalue weighted by Gasteiger charge is 2.20. The zero-order valence-corrected chi connectivity index (χ0v) is 28.1. The van der Waals surface area contributed by atoms with E-state index in [1.165, 1.54) is 159 Å². The van der Waals surface area contributed by atoms with Crippen LogP contribution in [-0.2, 0) is 14.6 Å². The molecule has 0 atom stereocenters. The molecule has 0 saturated heterocycles. The van der Waals surface area contributed by atoms with Crippen molar-refractivity contribution in [3.8, 4) is 0 Å². The van der Waals surface area contributed by atoms with Crippen LogP contribution in [-0.4, -0.2) is 50.7 Å². The van der Waals surface area contributed by atoms with Crippen LogP contribution in [0.4, 0.5) is 0 Å². The smallest absolute Gasteiger partial charge is 0.217 e. The predicted molar refractivity (Wildman–Crippen MR) is 170 cm³/mol. The van der Waals surface area contributed by atoms with Gasteiger partial charge in [0.15, 0.2) is 0 Å². The van der Waals surface area contributed by atoms with Crippen molar-refractivity contribution in [1.82, 2.24) is 0 Å². The van der Waals surface area contributed by atoms with E-state index in [0.29, 0.717) is 6.42 Å². The fourth-order valence-electron chi connectivity index (χ4n) is 5.20. The number of unbranched alkanes of at least 4 members (excludes halogenated alkanes) is 20. The van der Waals surface area contributed by atoms with Gasteiger partial charge in [-0.15, -0.1) is 0 Å². The Morgan fingerprint density at radius 3 is 1.00 bits per heavy atom. The Morgan fingerprint density at radius 2 is 0.718 bits per heavy atom. The largest absolute Gasteiger partial charge is 0.726 e. The summed E-state index contributed by atoms with van der Waals surface area (Å²) in [5, 5.41) is 0. The highest BCUT2D eigenvalue weighted by atomic mass is 32.3. The van der Waals surface area contributed by atoms with Crippen molar-refractivity contribution in [1.29, 1.82) is 0 Å². The lowest BCUT2D eigenvalue weighted by Crippen LogP contribution is -2.46. The van der Waals surface area contributed by atoms with E-state index in [4.69, 9.17) is 0 Å². The molecule has 0 aromatic rings. The van der Waals surface area contributed by atoms with Crippen molar-refractivity contribution in [3.63, 3.8) is 0 Å². The number of hydrogen-bond acceptors (Lipinski definition) is 4. The van der Waals surface area contributed by atoms with Crippen LogP contribution in [0.1, 0.15) is 182 Å². The molecule has 0 spiro atoms. The van der Waals surface area contributed by atoms with Crippen molar-refractivity contribution in [2.45, 2.75) is 182 Å². The van der Waals surface area contributed by atoms with Crippen LogP contribution in [0.25, 0.3) is 0 Å². The highest BCUT2D eigenvalue weighted by Crippen LogP contribution is 2.16. The second-order valence-electron chi connectivity index (χ2n) is 12.1. The molecule has 0 heterocycles. The van der Waals surface area contributed by atoms with Gasteiger partial charge >= 0.3 is 0 Å². The average Bonchev–Trinajstić information content (AvgIpc) is 2.89. The Morgan fingerprint density at radius 1 is 0.462 bits per heavy atom. The normalized spacial score (nSPS) is 11.9. The molecule has 39 heavy (non-hydrogen) atoms. The summed E-state index contributed by atoms with van der Waals surface area (Å²) >= 11 is 0. The van der Waals surface area contributed by atoms with Gasteiger partial charge in [0, 0.05) is 0 Å². The molecule has 238 valence electrons. The van der Waals surface area contributed by atoms with Crippen LogP contribution in [0.2, 0.25) is 0 Å². The third kappa shape index (κ3) is 35.8. The Balaban J connectivity index is 0. The van der Waals surface area contributed by atoms with E-state index in [1.54, 1.807) is 0 Å². The second-order valence-corrected chi connectivity index (χ2v) is 13.1. The Bertz CT molecular complexity index is 527. The lowest BCUT2D eigenvalue weighted by molar-refractivity contribution is -0.910. The summed E-state index contributed by atoms with van der Waals surface area (Å²) in [6, 6.07) is 0. The number of hydrogen-bond donors (Lipinski definition) is 0. The molecule has 0 aliphatic carbocycles. The third-order valence-corrected chi connectivity index (χ3v) is 8.34. The standard InChI is InChI=1S/C25H54N.C8H18O4S/c1-5-8-11-14-17-20-23-26(4,24-21-18-15-12-9-6-2)25-22-19-16-13-10-7-3;1-2-3-4-5-6-7-8-12-13(9,10)11/h5-25H2,1-4H3;2-8H2,1H3,(H,9,10,11)/q+1;/p-1. The number of rotatable bonds is 29. The molecule has 0 aliphatic heterocycles. The van der Waals surface area contributed by atoms with Crippen molar-refractivity contribution in [3.05, 3.63) is 0 Å². The van der Waals surface area contributed by atoms with Gasteiger partial charge in [-0.25, -0.2) is 8.42 Å². The van der Waals surface area contributed by atoms with Gasteiger partial charge in [0.1, 0.15) is 0 Å². The lowest BCUT2D eigenvalue weighted by atomic mass is 10.1. The van der Waals surface area contributed by atoms with Crippen molar-refractivity contribution in [2.75, 3.05) is 33.3 Å². The first-order valence-corrected chi connectivity index (χ1v) is 18.5. The van der Waals surface area contributed by atoms with Gasteiger partial charge in [-0.3, -0.25) is 4.18 Å². The molecule has 0 aliphatic rings. The van der Waals surface area contributed by atoms with Gasteiger partial charge in [-0.2, -0.15) is 0 Å². The lowest BCUT2D eigenvalue weighted by Gasteiger charge is -2.35. The predicted octanol–water partition coefficient (Wildman–Crippen LogP) is 10.3. The summed E-state index contributed by atoms with van der Waals surface area (Å²) in [6.07, 6.45) is 32.1. The molecule has 0 radical (unpaired) electrons. The summed E-state index contributed by atoms with van der Waals surface area (Å²) in [6.45, 7) is 13.4. The van der Waals surface area contributed by atoms with Gasteiger partial charge in [0.05, 0.1) is 33.3 Å². The molecule has 0 saturated carbocycles. The first-order chi connectivity index (χ1) is 18.7. The Hall–Kier alpha value is -0.170. The SMILES string of the molecule is CCCCCCCCOS(=O)(=O)[O-].CCCCCCCC[N+](C)(CCCCCCCC)CCCCCCCC. The van der Waals surface area contributed by atoms with Crippen molar-refractivity contribution in [2.24, 2.45) is 0 Å². The molecule has 0 rings (SSSR count). The maximum absolute atomic E-state index is 9.99. The third-order valence-electron chi connectivity index (χ3n) is 7.88. The maximum Gasteiger partial charge on any atom is 0.217 e. The van der Waals surface area contributed by atoms with Crippen LogP contribution in [0.3, 0.4) is 0 Å². The molecular formula is C33H71NO4S. The molecule has 6 heteroatoms. The quantitative estimate of drug-likeness (QED) is 0.0384. The fourth-order valence-corrected chi connectivity index (χ4v) is 5.52. The first-order valence-electron chi connectivity index (χ1n) is 17.2. The molecule has 0 unspecified atom stereocenters. The minimum Gasteiger partial charge on any atom is -0.726 e. The number of nitrogens with zero attached hydrogens (tertiary/aromatic N) is 1. The average molecular weight is 578 g/mol. The van der Waals surface area contributed by atoms with Crippen LogP contribution < -0.4 is 0 Å². The molecule has 0 bridgehead atoms. The van der Waals surface area contributed by atoms with Gasteiger partial charge < -0.3 is 9.04 Å².